The van der Waals surface area contributed by atoms with Crippen molar-refractivity contribution in [3.8, 4) is 0 Å². The van der Waals surface area contributed by atoms with Gasteiger partial charge in [-0.2, -0.15) is 0 Å². The van der Waals surface area contributed by atoms with Crippen molar-refractivity contribution in [3.63, 3.8) is 0 Å². The van der Waals surface area contributed by atoms with Crippen LogP contribution in [0.1, 0.15) is 74.2 Å². The average Bonchev–Trinajstić information content (AvgIpc) is 3.16. The third-order valence-electron chi connectivity index (χ3n) is 5.97. The van der Waals surface area contributed by atoms with E-state index < -0.39 is 5.54 Å². The summed E-state index contributed by atoms with van der Waals surface area (Å²) in [6.45, 7) is 2.38. The minimum Gasteiger partial charge on any atom is -0.384 e. The normalized spacial score (nSPS) is 22.9. The molecule has 0 aliphatic heterocycles. The van der Waals surface area contributed by atoms with Gasteiger partial charge in [-0.05, 0) is 57.1 Å². The number of carbonyl (C=O) groups excluding carboxylic acids is 2. The number of rotatable bonds is 5. The van der Waals surface area contributed by atoms with E-state index in [4.69, 9.17) is 22.6 Å². The highest BCUT2D eigenvalue weighted by Crippen LogP contribution is 2.30. The molecular weight excluding hydrogens is 366 g/mol. The highest BCUT2D eigenvalue weighted by molar-refractivity contribution is 6.05. The van der Waals surface area contributed by atoms with Crippen LogP contribution in [-0.4, -0.2) is 35.7 Å². The number of nitrogens with one attached hydrogen (secondary N) is 2. The van der Waals surface area contributed by atoms with E-state index in [-0.39, 0.29) is 17.5 Å². The first-order chi connectivity index (χ1) is 13.7. The molecule has 1 aromatic rings. The molecular formula is C22H35N5O2. The average molecular weight is 402 g/mol. The number of hydrogen-bond acceptors (Lipinski definition) is 5. The largest absolute Gasteiger partial charge is 0.384 e. The predicted molar refractivity (Wildman–Crippen MR) is 116 cm³/mol. The predicted octanol–water partition coefficient (Wildman–Crippen LogP) is 2.06. The van der Waals surface area contributed by atoms with Crippen LogP contribution in [0.2, 0.25) is 0 Å². The second-order valence-corrected chi connectivity index (χ2v) is 8.34. The molecule has 1 amide bonds. The number of nitrogens with two attached hydrogens (primary N) is 3. The summed E-state index contributed by atoms with van der Waals surface area (Å²) in [6.07, 6.45) is 8.04. The molecule has 2 saturated carbocycles. The van der Waals surface area contributed by atoms with Crippen molar-refractivity contribution in [2.45, 2.75) is 69.9 Å². The van der Waals surface area contributed by atoms with Crippen LogP contribution < -0.4 is 22.5 Å². The van der Waals surface area contributed by atoms with Crippen LogP contribution in [0, 0.1) is 11.3 Å². The molecule has 0 spiro atoms. The summed E-state index contributed by atoms with van der Waals surface area (Å²) in [5.74, 6) is 0.719. The van der Waals surface area contributed by atoms with Gasteiger partial charge >= 0.3 is 0 Å². The Morgan fingerprint density at radius 3 is 2.24 bits per heavy atom. The number of Topliss-reactive ketones (excluding diaryl/α,β-unsaturated/α-hetero) is 1. The fraction of sp³-hybridized carbons (Fsp3) is 0.591. The Morgan fingerprint density at radius 2 is 1.72 bits per heavy atom. The number of carbonyl (C=O) groups is 2. The van der Waals surface area contributed by atoms with Crippen LogP contribution in [0.15, 0.2) is 24.3 Å². The summed E-state index contributed by atoms with van der Waals surface area (Å²) < 4.78 is 0. The quantitative estimate of drug-likeness (QED) is 0.291. The van der Waals surface area contributed by atoms with Crippen LogP contribution in [0.3, 0.4) is 0 Å². The molecule has 0 aromatic heterocycles. The maximum atomic E-state index is 12.3. The maximum Gasteiger partial charge on any atom is 0.217 e. The fourth-order valence-corrected chi connectivity index (χ4v) is 4.18. The highest BCUT2D eigenvalue weighted by atomic mass is 16.1. The molecule has 0 unspecified atom stereocenters. The van der Waals surface area contributed by atoms with Gasteiger partial charge in [-0.15, -0.1) is 0 Å². The van der Waals surface area contributed by atoms with Gasteiger partial charge in [-0.3, -0.25) is 15.0 Å². The first kappa shape index (κ1) is 23.0. The standard InChI is InChI=1S/C13H17N3O.C9H18N2O/c14-12(15)10-5-3-4-9(8-10)11(17)13(16)6-1-2-7-13;1-7(12)11-9-4-2-8(6-10)3-5-9/h3-5,8H,1-2,6-7,16H2,(H3,14,15);8-9H,2-6,10H2,1H3,(H,11,12). The van der Waals surface area contributed by atoms with Crippen LogP contribution in [0.25, 0.3) is 0 Å². The number of ketones is 1. The third kappa shape index (κ3) is 6.65. The molecule has 0 saturated heterocycles. The van der Waals surface area contributed by atoms with Crippen LogP contribution >= 0.6 is 0 Å². The van der Waals surface area contributed by atoms with Gasteiger partial charge < -0.3 is 22.5 Å². The summed E-state index contributed by atoms with van der Waals surface area (Å²) in [7, 11) is 0. The van der Waals surface area contributed by atoms with Gasteiger partial charge in [0.25, 0.3) is 0 Å². The molecule has 0 atom stereocenters. The molecule has 0 radical (unpaired) electrons. The van der Waals surface area contributed by atoms with Gasteiger partial charge in [-0.1, -0.05) is 31.0 Å². The number of amides is 1. The van der Waals surface area contributed by atoms with Gasteiger partial charge in [0.1, 0.15) is 5.84 Å². The highest BCUT2D eigenvalue weighted by Gasteiger charge is 2.37. The van der Waals surface area contributed by atoms with E-state index in [1.165, 1.54) is 12.8 Å². The van der Waals surface area contributed by atoms with Gasteiger partial charge in [0.05, 0.1) is 5.54 Å². The fourth-order valence-electron chi connectivity index (χ4n) is 4.18. The number of amidine groups is 1. The second-order valence-electron chi connectivity index (χ2n) is 8.34. The van der Waals surface area contributed by atoms with Gasteiger partial charge in [0.2, 0.25) is 5.91 Å². The van der Waals surface area contributed by atoms with E-state index >= 15 is 0 Å². The SMILES string of the molecule is CC(=O)NC1CCC(CN)CC1.N=C(N)c1cccc(C(=O)C2(N)CCCC2)c1. The van der Waals surface area contributed by atoms with E-state index in [1.54, 1.807) is 31.2 Å². The Bertz CT molecular complexity index is 720. The molecule has 3 rings (SSSR count). The lowest BCUT2D eigenvalue weighted by atomic mass is 9.86. The Labute approximate surface area is 173 Å². The first-order valence-electron chi connectivity index (χ1n) is 10.5. The zero-order valence-electron chi connectivity index (χ0n) is 17.4. The van der Waals surface area contributed by atoms with Crippen molar-refractivity contribution in [1.29, 1.82) is 5.41 Å². The molecule has 2 fully saturated rings. The minimum atomic E-state index is -0.713. The van der Waals surface area contributed by atoms with E-state index in [9.17, 15) is 9.59 Å². The number of hydrogen-bond donors (Lipinski definition) is 5. The zero-order valence-corrected chi connectivity index (χ0v) is 17.4. The summed E-state index contributed by atoms with van der Waals surface area (Å²) in [4.78, 5) is 23.0. The number of nitrogen functional groups attached to an aromatic ring is 1. The summed E-state index contributed by atoms with van der Waals surface area (Å²) in [6, 6.07) is 7.25. The summed E-state index contributed by atoms with van der Waals surface area (Å²) >= 11 is 0. The molecule has 29 heavy (non-hydrogen) atoms. The topological polar surface area (TPSA) is 148 Å². The van der Waals surface area contributed by atoms with E-state index in [0.29, 0.717) is 23.1 Å². The summed E-state index contributed by atoms with van der Waals surface area (Å²) in [5.41, 5.74) is 17.5. The molecule has 0 heterocycles. The van der Waals surface area contributed by atoms with Crippen molar-refractivity contribution in [2.75, 3.05) is 6.54 Å². The smallest absolute Gasteiger partial charge is 0.217 e. The van der Waals surface area contributed by atoms with Crippen molar-refractivity contribution >= 4 is 17.5 Å². The molecule has 1 aromatic carbocycles. The lowest BCUT2D eigenvalue weighted by Gasteiger charge is -2.27. The van der Waals surface area contributed by atoms with Crippen molar-refractivity contribution < 1.29 is 9.59 Å². The van der Waals surface area contributed by atoms with Crippen LogP contribution in [-0.2, 0) is 4.79 Å². The Morgan fingerprint density at radius 1 is 1.14 bits per heavy atom. The zero-order chi connectivity index (χ0) is 21.4. The van der Waals surface area contributed by atoms with Gasteiger partial charge in [-0.25, -0.2) is 0 Å². The van der Waals surface area contributed by atoms with E-state index in [2.05, 4.69) is 5.32 Å². The number of benzene rings is 1. The van der Waals surface area contributed by atoms with E-state index in [1.807, 2.05) is 0 Å². The van der Waals surface area contributed by atoms with E-state index in [0.717, 1.165) is 45.1 Å². The minimum absolute atomic E-state index is 0.0295. The molecule has 8 N–H and O–H groups in total. The molecule has 2 aliphatic rings. The van der Waals surface area contributed by atoms with Crippen LogP contribution in [0.5, 0.6) is 0 Å². The molecule has 7 nitrogen and oxygen atoms in total. The maximum absolute atomic E-state index is 12.3. The molecule has 160 valence electrons. The molecule has 7 heteroatoms. The lowest BCUT2D eigenvalue weighted by Crippen LogP contribution is -2.45. The molecule has 0 bridgehead atoms. The monoisotopic (exact) mass is 401 g/mol. The van der Waals surface area contributed by atoms with Crippen molar-refractivity contribution in [3.05, 3.63) is 35.4 Å². The third-order valence-corrected chi connectivity index (χ3v) is 5.97. The second kappa shape index (κ2) is 10.5. The lowest BCUT2D eigenvalue weighted by molar-refractivity contribution is -0.119. The van der Waals surface area contributed by atoms with Crippen molar-refractivity contribution in [2.24, 2.45) is 23.1 Å². The molecule has 2 aliphatic carbocycles. The first-order valence-corrected chi connectivity index (χ1v) is 10.5. The van der Waals surface area contributed by atoms with Gasteiger partial charge in [0.15, 0.2) is 5.78 Å². The summed E-state index contributed by atoms with van der Waals surface area (Å²) in [5, 5.41) is 10.3. The Hall–Kier alpha value is -2.25. The van der Waals surface area contributed by atoms with Gasteiger partial charge in [0, 0.05) is 24.1 Å². The Kier molecular flexibility index (Phi) is 8.34. The van der Waals surface area contributed by atoms with Crippen molar-refractivity contribution in [1.82, 2.24) is 5.32 Å². The Balaban J connectivity index is 0.000000221. The van der Waals surface area contributed by atoms with Crippen LogP contribution in [0.4, 0.5) is 0 Å².